The molecule has 3 rings (SSSR count). The minimum absolute atomic E-state index is 0.101. The summed E-state index contributed by atoms with van der Waals surface area (Å²) in [5.41, 5.74) is 1.31. The molecule has 5 heteroatoms. The molecule has 1 aromatic carbocycles. The van der Waals surface area contributed by atoms with Gasteiger partial charge in [0.2, 0.25) is 0 Å². The van der Waals surface area contributed by atoms with Crippen LogP contribution in [0.3, 0.4) is 0 Å². The first-order valence-electron chi connectivity index (χ1n) is 7.91. The van der Waals surface area contributed by atoms with E-state index >= 15 is 0 Å². The maximum absolute atomic E-state index is 13.3. The topological polar surface area (TPSA) is 37.3 Å². The number of carbonyl (C=O) groups is 1. The normalized spacial score (nSPS) is 16.1. The quantitative estimate of drug-likeness (QED) is 0.942. The molecule has 0 atom stereocenters. The number of rotatable bonds is 4. The van der Waals surface area contributed by atoms with Crippen molar-refractivity contribution < 1.29 is 9.18 Å². The van der Waals surface area contributed by atoms with E-state index in [0.29, 0.717) is 12.2 Å². The number of aryl methyl sites for hydroxylation is 1. The summed E-state index contributed by atoms with van der Waals surface area (Å²) >= 11 is 0. The van der Waals surface area contributed by atoms with E-state index in [9.17, 15) is 9.18 Å². The predicted molar refractivity (Wildman–Crippen MR) is 85.5 cm³/mol. The Morgan fingerprint density at radius 1 is 1.23 bits per heavy atom. The smallest absolute Gasteiger partial charge is 0.267 e. The van der Waals surface area contributed by atoms with Crippen LogP contribution in [0.15, 0.2) is 24.3 Å². The molecule has 1 aliphatic rings. The molecule has 1 saturated heterocycles. The number of hydrogen-bond acceptors (Lipinski definition) is 2. The number of benzene rings is 1. The number of nitrogens with zero attached hydrogens (tertiary/aromatic N) is 2. The molecule has 0 saturated carbocycles. The summed E-state index contributed by atoms with van der Waals surface area (Å²) in [5.74, 6) is -0.387. The zero-order valence-corrected chi connectivity index (χ0v) is 12.9. The van der Waals surface area contributed by atoms with E-state index < -0.39 is 0 Å². The van der Waals surface area contributed by atoms with Crippen molar-refractivity contribution >= 4 is 16.8 Å². The number of nitrogens with one attached hydrogen (secondary N) is 1. The van der Waals surface area contributed by atoms with Crippen LogP contribution in [0, 0.1) is 5.82 Å². The zero-order chi connectivity index (χ0) is 15.5. The predicted octanol–water partition coefficient (Wildman–Crippen LogP) is 2.53. The zero-order valence-electron chi connectivity index (χ0n) is 12.9. The van der Waals surface area contributed by atoms with Gasteiger partial charge in [0.15, 0.2) is 0 Å². The molecule has 1 amide bonds. The van der Waals surface area contributed by atoms with Gasteiger partial charge in [0, 0.05) is 25.5 Å². The van der Waals surface area contributed by atoms with Crippen molar-refractivity contribution in [3.05, 3.63) is 35.8 Å². The summed E-state index contributed by atoms with van der Waals surface area (Å²) in [7, 11) is 1.79. The van der Waals surface area contributed by atoms with Gasteiger partial charge in [-0.25, -0.2) is 4.39 Å². The third kappa shape index (κ3) is 3.14. The standard InChI is InChI=1S/C17H22FN3O/c1-20-15-12-14(18)6-5-13(15)11-16(20)17(22)19-7-10-21-8-3-2-4-9-21/h5-6,11-12H,2-4,7-10H2,1H3,(H,19,22). The number of carbonyl (C=O) groups excluding carboxylic acids is 1. The second-order valence-electron chi connectivity index (χ2n) is 5.95. The molecule has 0 unspecified atom stereocenters. The van der Waals surface area contributed by atoms with Gasteiger partial charge < -0.3 is 14.8 Å². The summed E-state index contributed by atoms with van der Waals surface area (Å²) in [5, 5.41) is 3.85. The van der Waals surface area contributed by atoms with Crippen LogP contribution in [-0.2, 0) is 7.05 Å². The molecule has 1 aromatic heterocycles. The Bertz CT molecular complexity index is 674. The monoisotopic (exact) mass is 303 g/mol. The molecule has 22 heavy (non-hydrogen) atoms. The van der Waals surface area contributed by atoms with Gasteiger partial charge in [-0.1, -0.05) is 6.42 Å². The summed E-state index contributed by atoms with van der Waals surface area (Å²) in [6.07, 6.45) is 3.82. The molecule has 0 spiro atoms. The molecule has 0 radical (unpaired) electrons. The van der Waals surface area contributed by atoms with Gasteiger partial charge in [0.1, 0.15) is 11.5 Å². The number of piperidine rings is 1. The van der Waals surface area contributed by atoms with Crippen LogP contribution in [0.1, 0.15) is 29.8 Å². The van der Waals surface area contributed by atoms with Gasteiger partial charge in [0.25, 0.3) is 5.91 Å². The second-order valence-corrected chi connectivity index (χ2v) is 5.95. The molecule has 0 aliphatic carbocycles. The average Bonchev–Trinajstić information content (AvgIpc) is 2.85. The largest absolute Gasteiger partial charge is 0.349 e. The average molecular weight is 303 g/mol. The summed E-state index contributed by atoms with van der Waals surface area (Å²) in [4.78, 5) is 14.7. The SMILES string of the molecule is Cn1c(C(=O)NCCN2CCCCC2)cc2ccc(F)cc21. The summed E-state index contributed by atoms with van der Waals surface area (Å²) < 4.78 is 15.1. The van der Waals surface area contributed by atoms with Crippen LogP contribution in [-0.4, -0.2) is 41.6 Å². The number of amides is 1. The molecule has 0 bridgehead atoms. The fourth-order valence-electron chi connectivity index (χ4n) is 3.12. The van der Waals surface area contributed by atoms with E-state index in [0.717, 1.165) is 30.5 Å². The van der Waals surface area contributed by atoms with E-state index in [4.69, 9.17) is 0 Å². The minimum Gasteiger partial charge on any atom is -0.349 e. The highest BCUT2D eigenvalue weighted by molar-refractivity contribution is 5.98. The third-order valence-electron chi connectivity index (χ3n) is 4.40. The van der Waals surface area contributed by atoms with Crippen LogP contribution in [0.2, 0.25) is 0 Å². The van der Waals surface area contributed by atoms with Crippen molar-refractivity contribution in [2.24, 2.45) is 7.05 Å². The molecule has 2 aromatic rings. The van der Waals surface area contributed by atoms with E-state index in [1.807, 2.05) is 6.07 Å². The van der Waals surface area contributed by atoms with Gasteiger partial charge in [-0.15, -0.1) is 0 Å². The third-order valence-corrected chi connectivity index (χ3v) is 4.40. The van der Waals surface area contributed by atoms with Crippen molar-refractivity contribution in [2.45, 2.75) is 19.3 Å². The van der Waals surface area contributed by atoms with Gasteiger partial charge in [-0.3, -0.25) is 4.79 Å². The fraction of sp³-hybridized carbons (Fsp3) is 0.471. The maximum Gasteiger partial charge on any atom is 0.267 e. The minimum atomic E-state index is -0.286. The van der Waals surface area contributed by atoms with Crippen molar-refractivity contribution in [1.82, 2.24) is 14.8 Å². The fourth-order valence-corrected chi connectivity index (χ4v) is 3.12. The van der Waals surface area contributed by atoms with Crippen molar-refractivity contribution in [2.75, 3.05) is 26.2 Å². The van der Waals surface area contributed by atoms with Crippen LogP contribution in [0.4, 0.5) is 4.39 Å². The van der Waals surface area contributed by atoms with Crippen LogP contribution < -0.4 is 5.32 Å². The number of aromatic nitrogens is 1. The maximum atomic E-state index is 13.3. The van der Waals surface area contributed by atoms with Crippen LogP contribution in [0.25, 0.3) is 10.9 Å². The molecule has 1 fully saturated rings. The van der Waals surface area contributed by atoms with Gasteiger partial charge in [-0.2, -0.15) is 0 Å². The highest BCUT2D eigenvalue weighted by atomic mass is 19.1. The molecule has 118 valence electrons. The van der Waals surface area contributed by atoms with Crippen molar-refractivity contribution in [1.29, 1.82) is 0 Å². The van der Waals surface area contributed by atoms with Crippen molar-refractivity contribution in [3.8, 4) is 0 Å². The number of halogens is 1. The molecule has 1 aliphatic heterocycles. The number of hydrogen-bond donors (Lipinski definition) is 1. The number of likely N-dealkylation sites (tertiary alicyclic amines) is 1. The van der Waals surface area contributed by atoms with Crippen LogP contribution in [0.5, 0.6) is 0 Å². The van der Waals surface area contributed by atoms with Crippen molar-refractivity contribution in [3.63, 3.8) is 0 Å². The molecule has 2 heterocycles. The first-order chi connectivity index (χ1) is 10.6. The Labute approximate surface area is 129 Å². The second kappa shape index (κ2) is 6.48. The first kappa shape index (κ1) is 15.0. The van der Waals surface area contributed by atoms with Crippen LogP contribution >= 0.6 is 0 Å². The highest BCUT2D eigenvalue weighted by Crippen LogP contribution is 2.19. The summed E-state index contributed by atoms with van der Waals surface area (Å²) in [6, 6.07) is 6.39. The van der Waals surface area contributed by atoms with Gasteiger partial charge >= 0.3 is 0 Å². The molecule has 1 N–H and O–H groups in total. The molecule has 4 nitrogen and oxygen atoms in total. The van der Waals surface area contributed by atoms with Gasteiger partial charge in [-0.05, 0) is 50.2 Å². The lowest BCUT2D eigenvalue weighted by atomic mass is 10.1. The lowest BCUT2D eigenvalue weighted by Gasteiger charge is -2.26. The Hall–Kier alpha value is -1.88. The molecular weight excluding hydrogens is 281 g/mol. The lowest BCUT2D eigenvalue weighted by molar-refractivity contribution is 0.0939. The molecular formula is C17H22FN3O. The number of fused-ring (bicyclic) bond motifs is 1. The highest BCUT2D eigenvalue weighted by Gasteiger charge is 2.14. The Balaban J connectivity index is 1.63. The Morgan fingerprint density at radius 2 is 2.00 bits per heavy atom. The lowest BCUT2D eigenvalue weighted by Crippen LogP contribution is -2.38. The van der Waals surface area contributed by atoms with Gasteiger partial charge in [0.05, 0.1) is 5.52 Å². The Kier molecular flexibility index (Phi) is 4.43. The Morgan fingerprint density at radius 3 is 2.77 bits per heavy atom. The van der Waals surface area contributed by atoms with E-state index in [-0.39, 0.29) is 11.7 Å². The first-order valence-corrected chi connectivity index (χ1v) is 7.91. The van der Waals surface area contributed by atoms with E-state index in [1.54, 1.807) is 17.7 Å². The van der Waals surface area contributed by atoms with E-state index in [1.165, 1.54) is 31.4 Å². The summed E-state index contributed by atoms with van der Waals surface area (Å²) in [6.45, 7) is 3.80. The van der Waals surface area contributed by atoms with E-state index in [2.05, 4.69) is 10.2 Å².